The minimum absolute atomic E-state index is 0.0374. The summed E-state index contributed by atoms with van der Waals surface area (Å²) >= 11 is 0. The molecule has 7 nitrogen and oxygen atoms in total. The number of nitrogens with zero attached hydrogens (tertiary/aromatic N) is 1. The number of nitrogens with one attached hydrogen (secondary N) is 1. The van der Waals surface area contributed by atoms with Crippen molar-refractivity contribution >= 4 is 5.91 Å². The Bertz CT molecular complexity index is 1180. The van der Waals surface area contributed by atoms with Gasteiger partial charge in [-0.15, -0.1) is 0 Å². The average molecular weight is 475 g/mol. The third kappa shape index (κ3) is 5.52. The van der Waals surface area contributed by atoms with Crippen molar-refractivity contribution in [1.82, 2.24) is 10.2 Å². The second kappa shape index (κ2) is 10.7. The lowest BCUT2D eigenvalue weighted by Crippen LogP contribution is -2.36. The van der Waals surface area contributed by atoms with E-state index in [1.165, 1.54) is 0 Å². The number of ether oxygens (including phenoxy) is 4. The fourth-order valence-electron chi connectivity index (χ4n) is 4.54. The predicted octanol–water partition coefficient (Wildman–Crippen LogP) is 4.11. The van der Waals surface area contributed by atoms with E-state index >= 15 is 0 Å². The monoisotopic (exact) mass is 474 g/mol. The van der Waals surface area contributed by atoms with E-state index in [4.69, 9.17) is 18.9 Å². The highest BCUT2D eigenvalue weighted by Gasteiger charge is 2.26. The first-order chi connectivity index (χ1) is 17.2. The van der Waals surface area contributed by atoms with Gasteiger partial charge in [0.25, 0.3) is 0 Å². The summed E-state index contributed by atoms with van der Waals surface area (Å²) in [6.07, 6.45) is 0.912. The number of rotatable bonds is 8. The zero-order valence-electron chi connectivity index (χ0n) is 19.9. The van der Waals surface area contributed by atoms with Crippen LogP contribution in [0.25, 0.3) is 0 Å². The van der Waals surface area contributed by atoms with Crippen LogP contribution in [0.5, 0.6) is 23.0 Å². The Balaban J connectivity index is 1.18. The second-order valence-corrected chi connectivity index (χ2v) is 8.73. The van der Waals surface area contributed by atoms with Crippen LogP contribution in [0.1, 0.15) is 29.2 Å². The molecule has 2 aliphatic heterocycles. The molecule has 3 aromatic rings. The minimum atomic E-state index is -0.170. The molecule has 0 unspecified atom stereocenters. The number of hydrogen-bond donors (Lipinski definition) is 1. The van der Waals surface area contributed by atoms with Crippen LogP contribution >= 0.6 is 0 Å². The van der Waals surface area contributed by atoms with E-state index < -0.39 is 0 Å². The standard InChI is InChI=1S/C28H30N2O5/c1-32-24-9-5-3-7-22(24)27-18-30(17-21-6-2-4-8-23(21)35-27)15-14-29-28(31)13-11-20-10-12-25-26(16-20)34-19-33-25/h2-10,12,16,27H,11,13-15,17-19H2,1H3,(H,29,31)/t27-/m0/s1. The summed E-state index contributed by atoms with van der Waals surface area (Å²) in [7, 11) is 1.68. The Morgan fingerprint density at radius 2 is 1.86 bits per heavy atom. The predicted molar refractivity (Wildman–Crippen MR) is 132 cm³/mol. The molecule has 0 aliphatic carbocycles. The number of aryl methyl sites for hydroxylation is 1. The van der Waals surface area contributed by atoms with Gasteiger partial charge in [-0.3, -0.25) is 9.69 Å². The van der Waals surface area contributed by atoms with E-state index in [0.29, 0.717) is 25.9 Å². The maximum Gasteiger partial charge on any atom is 0.231 e. The molecule has 0 bridgehead atoms. The van der Waals surface area contributed by atoms with Crippen molar-refractivity contribution in [2.75, 3.05) is 33.5 Å². The number of carbonyl (C=O) groups is 1. The summed E-state index contributed by atoms with van der Waals surface area (Å²) in [5.41, 5.74) is 3.22. The number of fused-ring (bicyclic) bond motifs is 2. The fourth-order valence-corrected chi connectivity index (χ4v) is 4.54. The number of methoxy groups -OCH3 is 1. The highest BCUT2D eigenvalue weighted by atomic mass is 16.7. The molecule has 0 saturated heterocycles. The number of carbonyl (C=O) groups excluding carboxylic acids is 1. The first-order valence-corrected chi connectivity index (χ1v) is 11.9. The van der Waals surface area contributed by atoms with Gasteiger partial charge in [0.1, 0.15) is 17.6 Å². The third-order valence-corrected chi connectivity index (χ3v) is 6.37. The largest absolute Gasteiger partial charge is 0.496 e. The van der Waals surface area contributed by atoms with Crippen molar-refractivity contribution < 1.29 is 23.7 Å². The molecule has 0 spiro atoms. The van der Waals surface area contributed by atoms with Crippen LogP contribution in [-0.2, 0) is 17.8 Å². The van der Waals surface area contributed by atoms with E-state index in [1.54, 1.807) is 7.11 Å². The highest BCUT2D eigenvalue weighted by molar-refractivity contribution is 5.76. The van der Waals surface area contributed by atoms with E-state index in [-0.39, 0.29) is 18.8 Å². The molecule has 5 rings (SSSR count). The molecule has 1 N–H and O–H groups in total. The summed E-state index contributed by atoms with van der Waals surface area (Å²) in [4.78, 5) is 14.8. The van der Waals surface area contributed by atoms with Crippen molar-refractivity contribution in [2.45, 2.75) is 25.5 Å². The van der Waals surface area contributed by atoms with Gasteiger partial charge >= 0.3 is 0 Å². The summed E-state index contributed by atoms with van der Waals surface area (Å²) in [6.45, 7) is 3.00. The molecule has 182 valence electrons. The molecular formula is C28H30N2O5. The van der Waals surface area contributed by atoms with Gasteiger partial charge in [-0.25, -0.2) is 0 Å². The number of benzene rings is 3. The fraction of sp³-hybridized carbons (Fsp3) is 0.321. The summed E-state index contributed by atoms with van der Waals surface area (Å²) in [5, 5.41) is 3.07. The molecule has 0 radical (unpaired) electrons. The molecule has 2 heterocycles. The van der Waals surface area contributed by atoms with Crippen LogP contribution in [0, 0.1) is 0 Å². The van der Waals surface area contributed by atoms with Crippen LogP contribution in [0.3, 0.4) is 0 Å². The summed E-state index contributed by atoms with van der Waals surface area (Å²) < 4.78 is 22.8. The molecule has 3 aromatic carbocycles. The lowest BCUT2D eigenvalue weighted by Gasteiger charge is -2.25. The van der Waals surface area contributed by atoms with Crippen molar-refractivity contribution in [3.05, 3.63) is 83.4 Å². The third-order valence-electron chi connectivity index (χ3n) is 6.37. The van der Waals surface area contributed by atoms with Crippen LogP contribution < -0.4 is 24.3 Å². The Morgan fingerprint density at radius 1 is 1.03 bits per heavy atom. The lowest BCUT2D eigenvalue weighted by molar-refractivity contribution is -0.121. The van der Waals surface area contributed by atoms with Gasteiger partial charge in [-0.05, 0) is 36.2 Å². The molecule has 0 aromatic heterocycles. The quantitative estimate of drug-likeness (QED) is 0.530. The SMILES string of the molecule is COc1ccccc1[C@@H]1CN(CCNC(=O)CCc2ccc3c(c2)OCO3)Cc2ccccc2O1. The van der Waals surface area contributed by atoms with E-state index in [1.807, 2.05) is 60.7 Å². The Hall–Kier alpha value is -3.71. The van der Waals surface area contributed by atoms with Gasteiger partial charge in [0.2, 0.25) is 12.7 Å². The second-order valence-electron chi connectivity index (χ2n) is 8.73. The Labute approximate surface area is 205 Å². The lowest BCUT2D eigenvalue weighted by atomic mass is 10.1. The van der Waals surface area contributed by atoms with Crippen molar-refractivity contribution in [3.8, 4) is 23.0 Å². The molecule has 1 atom stereocenters. The molecule has 7 heteroatoms. The van der Waals surface area contributed by atoms with E-state index in [0.717, 1.165) is 52.8 Å². The number of para-hydroxylation sites is 2. The maximum absolute atomic E-state index is 12.5. The van der Waals surface area contributed by atoms with E-state index in [2.05, 4.69) is 16.3 Å². The van der Waals surface area contributed by atoms with Gasteiger partial charge in [0, 0.05) is 43.7 Å². The molecule has 0 fully saturated rings. The van der Waals surface area contributed by atoms with Crippen LogP contribution in [0.4, 0.5) is 0 Å². The Morgan fingerprint density at radius 3 is 2.77 bits per heavy atom. The molecular weight excluding hydrogens is 444 g/mol. The summed E-state index contributed by atoms with van der Waals surface area (Å²) in [5.74, 6) is 3.24. The van der Waals surface area contributed by atoms with Crippen LogP contribution in [0.15, 0.2) is 66.7 Å². The summed E-state index contributed by atoms with van der Waals surface area (Å²) in [6, 6.07) is 21.9. The van der Waals surface area contributed by atoms with Gasteiger partial charge in [-0.2, -0.15) is 0 Å². The topological polar surface area (TPSA) is 69.3 Å². The average Bonchev–Trinajstić information content (AvgIpc) is 3.27. The first-order valence-electron chi connectivity index (χ1n) is 11.9. The maximum atomic E-state index is 12.5. The van der Waals surface area contributed by atoms with E-state index in [9.17, 15) is 4.79 Å². The zero-order chi connectivity index (χ0) is 24.0. The van der Waals surface area contributed by atoms with Crippen molar-refractivity contribution in [2.24, 2.45) is 0 Å². The van der Waals surface area contributed by atoms with Gasteiger partial charge in [0.15, 0.2) is 11.5 Å². The molecule has 35 heavy (non-hydrogen) atoms. The number of hydrogen-bond acceptors (Lipinski definition) is 6. The molecule has 1 amide bonds. The molecule has 2 aliphatic rings. The van der Waals surface area contributed by atoms with Crippen molar-refractivity contribution in [1.29, 1.82) is 0 Å². The van der Waals surface area contributed by atoms with Gasteiger partial charge in [0.05, 0.1) is 7.11 Å². The number of amides is 1. The van der Waals surface area contributed by atoms with Crippen LogP contribution in [0.2, 0.25) is 0 Å². The zero-order valence-corrected chi connectivity index (χ0v) is 19.9. The molecule has 0 saturated carbocycles. The van der Waals surface area contributed by atoms with Gasteiger partial charge < -0.3 is 24.3 Å². The Kier molecular flexibility index (Phi) is 7.04. The highest BCUT2D eigenvalue weighted by Crippen LogP contribution is 2.35. The minimum Gasteiger partial charge on any atom is -0.496 e. The smallest absolute Gasteiger partial charge is 0.231 e. The van der Waals surface area contributed by atoms with Crippen molar-refractivity contribution in [3.63, 3.8) is 0 Å². The van der Waals surface area contributed by atoms with Gasteiger partial charge in [-0.1, -0.05) is 42.5 Å². The normalized spacial score (nSPS) is 16.7. The van der Waals surface area contributed by atoms with Crippen LogP contribution in [-0.4, -0.2) is 44.3 Å². The first kappa shape index (κ1) is 23.1.